The van der Waals surface area contributed by atoms with Gasteiger partial charge in [-0.25, -0.2) is 0 Å². The van der Waals surface area contributed by atoms with E-state index >= 15 is 0 Å². The number of carbonyl (C=O) groups excluding carboxylic acids is 1. The van der Waals surface area contributed by atoms with Gasteiger partial charge in [-0.05, 0) is 40.4 Å². The second-order valence-electron chi connectivity index (χ2n) is 11.0. The number of rotatable bonds is 10. The highest BCUT2D eigenvalue weighted by molar-refractivity contribution is 6.76. The maximum absolute atomic E-state index is 12.1. The monoisotopic (exact) mass is 652 g/mol. The van der Waals surface area contributed by atoms with Gasteiger partial charge in [0.15, 0.2) is 6.29 Å². The number of likely N-dealkylation sites (N-methyl/N-ethyl adjacent to an activating group) is 1. The summed E-state index contributed by atoms with van der Waals surface area (Å²) in [5.41, 5.74) is 6.88. The van der Waals surface area contributed by atoms with E-state index in [1.165, 1.54) is 5.56 Å². The zero-order valence-electron chi connectivity index (χ0n) is 24.3. The molecule has 1 aliphatic rings. The van der Waals surface area contributed by atoms with E-state index in [9.17, 15) is 9.90 Å². The third kappa shape index (κ3) is 8.61. The molecule has 1 fully saturated rings. The lowest BCUT2D eigenvalue weighted by Gasteiger charge is -2.38. The summed E-state index contributed by atoms with van der Waals surface area (Å²) in [6.45, 7) is 1.78. The molecule has 0 radical (unpaired) electrons. The van der Waals surface area contributed by atoms with Crippen molar-refractivity contribution in [1.29, 1.82) is 0 Å². The van der Waals surface area contributed by atoms with Crippen molar-refractivity contribution >= 4 is 40.7 Å². The number of alkyl halides is 3. The molecular formula is C35H35Cl3N2O4. The summed E-state index contributed by atoms with van der Waals surface area (Å²) >= 11 is 17.2. The van der Waals surface area contributed by atoms with Gasteiger partial charge in [-0.15, -0.1) is 0 Å². The van der Waals surface area contributed by atoms with Crippen molar-refractivity contribution in [3.8, 4) is 11.1 Å². The van der Waals surface area contributed by atoms with Crippen LogP contribution in [0.25, 0.3) is 11.1 Å². The van der Waals surface area contributed by atoms with E-state index in [0.717, 1.165) is 46.5 Å². The van der Waals surface area contributed by atoms with E-state index in [0.29, 0.717) is 6.42 Å². The third-order valence-electron chi connectivity index (χ3n) is 7.63. The third-order valence-corrected chi connectivity index (χ3v) is 8.15. The van der Waals surface area contributed by atoms with Gasteiger partial charge in [-0.2, -0.15) is 0 Å². The highest BCUT2D eigenvalue weighted by Gasteiger charge is 2.33. The molecule has 0 unspecified atom stereocenters. The average molecular weight is 654 g/mol. The SMILES string of the molecule is CN(Cc1ccccc1)C[C@@H]1C[C@H](c2ccc(CO)cc2)O[C@H](c2ccc(-c3ccccc3CNC(=O)C(Cl)(Cl)Cl)cc2)O1. The molecular weight excluding hydrogens is 619 g/mol. The average Bonchev–Trinajstić information content (AvgIpc) is 3.03. The van der Waals surface area contributed by atoms with E-state index in [4.69, 9.17) is 44.3 Å². The Balaban J connectivity index is 1.34. The summed E-state index contributed by atoms with van der Waals surface area (Å²) in [6.07, 6.45) is -0.0841. The Hall–Kier alpha value is -2.94. The number of benzene rings is 4. The number of ether oxygens (including phenoxy) is 2. The molecule has 230 valence electrons. The number of amides is 1. The molecule has 44 heavy (non-hydrogen) atoms. The molecule has 6 nitrogen and oxygen atoms in total. The van der Waals surface area contributed by atoms with Gasteiger partial charge in [0.05, 0.1) is 18.8 Å². The summed E-state index contributed by atoms with van der Waals surface area (Å²) in [4.78, 5) is 14.4. The molecule has 9 heteroatoms. The molecule has 0 saturated carbocycles. The van der Waals surface area contributed by atoms with Crippen LogP contribution < -0.4 is 5.32 Å². The predicted octanol–water partition coefficient (Wildman–Crippen LogP) is 7.51. The Kier molecular flexibility index (Phi) is 11.0. The zero-order valence-corrected chi connectivity index (χ0v) is 26.6. The molecule has 3 atom stereocenters. The van der Waals surface area contributed by atoms with Crippen molar-refractivity contribution < 1.29 is 19.4 Å². The molecule has 1 saturated heterocycles. The number of aliphatic hydroxyl groups excluding tert-OH is 1. The molecule has 1 aliphatic heterocycles. The van der Waals surface area contributed by atoms with E-state index in [1.54, 1.807) is 0 Å². The fourth-order valence-corrected chi connectivity index (χ4v) is 5.59. The lowest BCUT2D eigenvalue weighted by atomic mass is 9.97. The minimum Gasteiger partial charge on any atom is -0.392 e. The Morgan fingerprint density at radius 2 is 1.52 bits per heavy atom. The van der Waals surface area contributed by atoms with E-state index in [-0.39, 0.29) is 25.4 Å². The fraction of sp³-hybridized carbons (Fsp3) is 0.286. The largest absolute Gasteiger partial charge is 0.392 e. The first-order valence-electron chi connectivity index (χ1n) is 14.5. The number of aliphatic hydroxyl groups is 1. The van der Waals surface area contributed by atoms with Gasteiger partial charge in [0.25, 0.3) is 9.70 Å². The molecule has 2 N–H and O–H groups in total. The Labute approximate surface area is 273 Å². The van der Waals surface area contributed by atoms with Crippen molar-refractivity contribution in [1.82, 2.24) is 10.2 Å². The normalized spacial score (nSPS) is 18.7. The predicted molar refractivity (Wildman–Crippen MR) is 175 cm³/mol. The lowest BCUT2D eigenvalue weighted by molar-refractivity contribution is -0.252. The molecule has 1 amide bonds. The van der Waals surface area contributed by atoms with Crippen LogP contribution in [-0.2, 0) is 34.0 Å². The summed E-state index contributed by atoms with van der Waals surface area (Å²) in [7, 11) is 2.11. The molecule has 0 aromatic heterocycles. The Morgan fingerprint density at radius 3 is 2.20 bits per heavy atom. The lowest BCUT2D eigenvalue weighted by Crippen LogP contribution is -2.37. The van der Waals surface area contributed by atoms with Gasteiger partial charge >= 0.3 is 0 Å². The smallest absolute Gasteiger partial charge is 0.272 e. The highest BCUT2D eigenvalue weighted by atomic mass is 35.6. The van der Waals surface area contributed by atoms with Crippen LogP contribution in [0.1, 0.15) is 46.6 Å². The topological polar surface area (TPSA) is 71.0 Å². The van der Waals surface area contributed by atoms with E-state index in [2.05, 4.69) is 41.5 Å². The van der Waals surface area contributed by atoms with Gasteiger partial charge in [-0.1, -0.05) is 138 Å². The second kappa shape index (κ2) is 14.9. The van der Waals surface area contributed by atoms with Gasteiger partial charge in [0.2, 0.25) is 0 Å². The van der Waals surface area contributed by atoms with Gasteiger partial charge in [0, 0.05) is 31.6 Å². The number of nitrogens with one attached hydrogen (secondary N) is 1. The van der Waals surface area contributed by atoms with Gasteiger partial charge in [-0.3, -0.25) is 9.69 Å². The van der Waals surface area contributed by atoms with Crippen LogP contribution in [0.4, 0.5) is 0 Å². The summed E-state index contributed by atoms with van der Waals surface area (Å²) in [5, 5.41) is 12.2. The molecule has 4 aromatic carbocycles. The van der Waals surface area contributed by atoms with Crippen molar-refractivity contribution in [2.24, 2.45) is 0 Å². The van der Waals surface area contributed by atoms with Crippen molar-refractivity contribution in [3.05, 3.63) is 131 Å². The van der Waals surface area contributed by atoms with Crippen molar-refractivity contribution in [2.75, 3.05) is 13.6 Å². The van der Waals surface area contributed by atoms with E-state index < -0.39 is 16.0 Å². The highest BCUT2D eigenvalue weighted by Crippen LogP contribution is 2.39. The second-order valence-corrected chi connectivity index (χ2v) is 13.3. The van der Waals surface area contributed by atoms with Crippen LogP contribution in [0.2, 0.25) is 0 Å². The van der Waals surface area contributed by atoms with Crippen LogP contribution in [0.3, 0.4) is 0 Å². The molecule has 1 heterocycles. The summed E-state index contributed by atoms with van der Waals surface area (Å²) in [6, 6.07) is 34.1. The summed E-state index contributed by atoms with van der Waals surface area (Å²) in [5.74, 6) is -0.677. The van der Waals surface area contributed by atoms with Crippen LogP contribution >= 0.6 is 34.8 Å². The minimum atomic E-state index is -2.02. The first-order chi connectivity index (χ1) is 21.2. The zero-order chi connectivity index (χ0) is 31.1. The summed E-state index contributed by atoms with van der Waals surface area (Å²) < 4.78 is 11.1. The van der Waals surface area contributed by atoms with Crippen LogP contribution in [0.15, 0.2) is 103 Å². The minimum absolute atomic E-state index is 0.000795. The number of carbonyl (C=O) groups is 1. The maximum atomic E-state index is 12.1. The molecule has 0 aliphatic carbocycles. The van der Waals surface area contributed by atoms with Crippen molar-refractivity contribution in [3.63, 3.8) is 0 Å². The first kappa shape index (κ1) is 32.5. The van der Waals surface area contributed by atoms with Gasteiger partial charge < -0.3 is 19.9 Å². The molecule has 5 rings (SSSR count). The molecule has 0 bridgehead atoms. The number of nitrogens with zero attached hydrogens (tertiary/aromatic N) is 1. The number of hydrogen-bond donors (Lipinski definition) is 2. The Morgan fingerprint density at radius 1 is 0.864 bits per heavy atom. The quantitative estimate of drug-likeness (QED) is 0.173. The maximum Gasteiger partial charge on any atom is 0.272 e. The van der Waals surface area contributed by atoms with Crippen LogP contribution in [0.5, 0.6) is 0 Å². The van der Waals surface area contributed by atoms with E-state index in [1.807, 2.05) is 78.9 Å². The number of halogens is 3. The standard InChI is InChI=1S/C35H35Cl3N2O4/c1-40(21-24-7-3-2-4-8-24)22-30-19-32(27-13-11-25(23-41)12-14-27)44-33(43-30)28-17-15-26(16-18-28)31-10-6-5-9-29(31)20-39-34(42)35(36,37)38/h2-18,30,32-33,41H,19-23H2,1H3,(H,39,42)/t30-,32+,33+/m0/s1. The fourth-order valence-electron chi connectivity index (χ4n) is 5.39. The Bertz CT molecular complexity index is 1510. The first-order valence-corrected chi connectivity index (χ1v) is 15.6. The van der Waals surface area contributed by atoms with Crippen LogP contribution in [0, 0.1) is 0 Å². The van der Waals surface area contributed by atoms with Crippen molar-refractivity contribution in [2.45, 2.75) is 48.4 Å². The number of hydrogen-bond acceptors (Lipinski definition) is 5. The van der Waals surface area contributed by atoms with Crippen LogP contribution in [-0.4, -0.2) is 39.4 Å². The molecule has 4 aromatic rings. The molecule has 0 spiro atoms. The van der Waals surface area contributed by atoms with Gasteiger partial charge in [0.1, 0.15) is 0 Å².